The largest absolute Gasteiger partial charge is 0.285 e. The van der Waals surface area contributed by atoms with Crippen LogP contribution in [0.3, 0.4) is 0 Å². The molecule has 0 aromatic rings. The Morgan fingerprint density at radius 1 is 1.70 bits per heavy atom. The lowest BCUT2D eigenvalue weighted by atomic mass is 10.3. The lowest BCUT2D eigenvalue weighted by Crippen LogP contribution is -1.90. The molecule has 50 valence electrons. The fourth-order valence-electron chi connectivity index (χ4n) is 0.677. The first-order valence-corrected chi connectivity index (χ1v) is 3.14. The average molecular weight is 132 g/mol. The van der Waals surface area contributed by atoms with Crippen LogP contribution in [0.2, 0.25) is 0 Å². The van der Waals surface area contributed by atoms with Gasteiger partial charge in [-0.3, -0.25) is 4.99 Å². The molecule has 0 spiro atoms. The van der Waals surface area contributed by atoms with Gasteiger partial charge in [-0.05, 0) is 13.0 Å². The van der Waals surface area contributed by atoms with E-state index < -0.39 is 0 Å². The van der Waals surface area contributed by atoms with E-state index in [1.54, 1.807) is 12.3 Å². The van der Waals surface area contributed by atoms with E-state index in [9.17, 15) is 0 Å². The van der Waals surface area contributed by atoms with Crippen LogP contribution in [-0.4, -0.2) is 12.3 Å². The molecule has 0 saturated carbocycles. The van der Waals surface area contributed by atoms with Gasteiger partial charge in [-0.15, -0.1) is 0 Å². The first-order valence-electron chi connectivity index (χ1n) is 3.14. The molecule has 1 atom stereocenters. The lowest BCUT2D eigenvalue weighted by molar-refractivity contribution is 0.935. The topological polar surface area (TPSA) is 36.1 Å². The summed E-state index contributed by atoms with van der Waals surface area (Å²) in [6.07, 6.45) is 7.16. The van der Waals surface area contributed by atoms with Crippen molar-refractivity contribution in [3.8, 4) is 6.07 Å². The molecule has 0 amide bonds. The highest BCUT2D eigenvalue weighted by Crippen LogP contribution is 1.99. The normalized spacial score (nSPS) is 23.2. The third-order valence-corrected chi connectivity index (χ3v) is 1.24. The van der Waals surface area contributed by atoms with Crippen LogP contribution in [-0.2, 0) is 0 Å². The summed E-state index contributed by atoms with van der Waals surface area (Å²) in [4.78, 5) is 4.07. The molecule has 0 aliphatic carbocycles. The Hall–Kier alpha value is -1.36. The average Bonchev–Trinajstić information content (AvgIpc) is 2.14. The maximum Gasteiger partial charge on any atom is 0.101 e. The van der Waals surface area contributed by atoms with Crippen molar-refractivity contribution in [3.63, 3.8) is 0 Å². The Bertz CT molecular complexity index is 240. The van der Waals surface area contributed by atoms with Crippen LogP contribution in [0.1, 0.15) is 6.92 Å². The molecule has 0 radical (unpaired) electrons. The maximum absolute atomic E-state index is 8.46. The summed E-state index contributed by atoms with van der Waals surface area (Å²) in [6, 6.07) is 2.22. The van der Waals surface area contributed by atoms with Gasteiger partial charge in [-0.1, -0.05) is 12.2 Å². The minimum absolute atomic E-state index is 0.196. The van der Waals surface area contributed by atoms with Crippen LogP contribution >= 0.6 is 0 Å². The van der Waals surface area contributed by atoms with Gasteiger partial charge >= 0.3 is 0 Å². The predicted molar refractivity (Wildman–Crippen MR) is 40.8 cm³/mol. The van der Waals surface area contributed by atoms with Gasteiger partial charge in [0.15, 0.2) is 0 Å². The van der Waals surface area contributed by atoms with E-state index in [2.05, 4.69) is 4.99 Å². The highest BCUT2D eigenvalue weighted by Gasteiger charge is 1.95. The number of hydrogen-bond acceptors (Lipinski definition) is 2. The van der Waals surface area contributed by atoms with Gasteiger partial charge < -0.3 is 0 Å². The van der Waals surface area contributed by atoms with Gasteiger partial charge in [0.05, 0.1) is 11.6 Å². The molecule has 1 aliphatic rings. The Morgan fingerprint density at radius 3 is 3.20 bits per heavy atom. The van der Waals surface area contributed by atoms with Gasteiger partial charge in [-0.2, -0.15) is 5.26 Å². The Labute approximate surface area is 60.2 Å². The highest BCUT2D eigenvalue weighted by atomic mass is 14.7. The zero-order chi connectivity index (χ0) is 7.40. The summed E-state index contributed by atoms with van der Waals surface area (Å²) >= 11 is 0. The fourth-order valence-corrected chi connectivity index (χ4v) is 0.677. The number of allylic oxidation sites excluding steroid dienone is 3. The van der Waals surface area contributed by atoms with Crippen molar-refractivity contribution in [1.82, 2.24) is 0 Å². The Balaban J connectivity index is 2.83. The van der Waals surface area contributed by atoms with Crippen LogP contribution < -0.4 is 0 Å². The quantitative estimate of drug-likeness (QED) is 0.491. The zero-order valence-electron chi connectivity index (χ0n) is 5.78. The van der Waals surface area contributed by atoms with E-state index in [0.717, 1.165) is 0 Å². The maximum atomic E-state index is 8.46. The van der Waals surface area contributed by atoms with Crippen molar-refractivity contribution in [2.24, 2.45) is 4.99 Å². The summed E-state index contributed by atoms with van der Waals surface area (Å²) < 4.78 is 0. The van der Waals surface area contributed by atoms with Crippen molar-refractivity contribution in [2.45, 2.75) is 13.0 Å². The Morgan fingerprint density at radius 2 is 2.50 bits per heavy atom. The fraction of sp³-hybridized carbons (Fsp3) is 0.250. The molecule has 2 heteroatoms. The van der Waals surface area contributed by atoms with Gasteiger partial charge in [-0.25, -0.2) is 0 Å². The lowest BCUT2D eigenvalue weighted by Gasteiger charge is -1.91. The Kier molecular flexibility index (Phi) is 2.01. The van der Waals surface area contributed by atoms with Crippen molar-refractivity contribution in [2.75, 3.05) is 0 Å². The van der Waals surface area contributed by atoms with Crippen LogP contribution in [0.25, 0.3) is 0 Å². The molecule has 0 aromatic heterocycles. The van der Waals surface area contributed by atoms with E-state index in [1.165, 1.54) is 0 Å². The highest BCUT2D eigenvalue weighted by molar-refractivity contribution is 5.84. The second kappa shape index (κ2) is 2.98. The van der Waals surface area contributed by atoms with Crippen molar-refractivity contribution >= 4 is 6.21 Å². The van der Waals surface area contributed by atoms with Gasteiger partial charge in [0.1, 0.15) is 6.07 Å². The summed E-state index contributed by atoms with van der Waals surface area (Å²) in [5.41, 5.74) is 0.612. The van der Waals surface area contributed by atoms with E-state index in [1.807, 2.05) is 25.1 Å². The molecule has 10 heavy (non-hydrogen) atoms. The van der Waals surface area contributed by atoms with Gasteiger partial charge in [0.2, 0.25) is 0 Å². The van der Waals surface area contributed by atoms with E-state index in [-0.39, 0.29) is 6.04 Å². The van der Waals surface area contributed by atoms with Gasteiger partial charge in [0, 0.05) is 6.21 Å². The number of nitrogens with zero attached hydrogens (tertiary/aromatic N) is 2. The summed E-state index contributed by atoms with van der Waals surface area (Å²) in [5, 5.41) is 8.46. The van der Waals surface area contributed by atoms with Crippen molar-refractivity contribution in [3.05, 3.63) is 23.8 Å². The number of aliphatic imine (C=N–C) groups is 1. The molecular weight excluding hydrogens is 124 g/mol. The number of hydrogen-bond donors (Lipinski definition) is 0. The molecule has 1 rings (SSSR count). The number of nitriles is 1. The van der Waals surface area contributed by atoms with Crippen molar-refractivity contribution < 1.29 is 0 Å². The van der Waals surface area contributed by atoms with Crippen LogP contribution in [0.5, 0.6) is 0 Å². The molecule has 0 fully saturated rings. The molecule has 1 unspecified atom stereocenters. The smallest absolute Gasteiger partial charge is 0.101 e. The second-order valence-corrected chi connectivity index (χ2v) is 2.14. The monoisotopic (exact) mass is 132 g/mol. The molecule has 1 heterocycles. The van der Waals surface area contributed by atoms with E-state index >= 15 is 0 Å². The van der Waals surface area contributed by atoms with Crippen molar-refractivity contribution in [1.29, 1.82) is 5.26 Å². The minimum atomic E-state index is 0.196. The second-order valence-electron chi connectivity index (χ2n) is 2.14. The number of rotatable bonds is 0. The van der Waals surface area contributed by atoms with Crippen LogP contribution in [0, 0.1) is 11.3 Å². The SMILES string of the molecule is CC1C=CC=C(C#N)C=N1. The molecule has 1 aliphatic heterocycles. The van der Waals surface area contributed by atoms with Crippen LogP contribution in [0.4, 0.5) is 0 Å². The van der Waals surface area contributed by atoms with Gasteiger partial charge in [0.25, 0.3) is 0 Å². The third kappa shape index (κ3) is 1.56. The molecule has 0 aromatic carbocycles. The predicted octanol–water partition coefficient (Wildman–Crippen LogP) is 1.47. The standard InChI is InChI=1S/C8H8N2/c1-7-3-2-4-8(5-9)6-10-7/h2-4,6-7H,1H3. The first kappa shape index (κ1) is 6.76. The summed E-state index contributed by atoms with van der Waals surface area (Å²) in [5.74, 6) is 0. The summed E-state index contributed by atoms with van der Waals surface area (Å²) in [7, 11) is 0. The third-order valence-electron chi connectivity index (χ3n) is 1.24. The molecule has 0 saturated heterocycles. The molecule has 0 N–H and O–H groups in total. The van der Waals surface area contributed by atoms with E-state index in [4.69, 9.17) is 5.26 Å². The first-order chi connectivity index (χ1) is 4.83. The minimum Gasteiger partial charge on any atom is -0.285 e. The molecule has 2 nitrogen and oxygen atoms in total. The molecule has 0 bridgehead atoms. The summed E-state index contributed by atoms with van der Waals surface area (Å²) in [6.45, 7) is 1.97. The van der Waals surface area contributed by atoms with Crippen LogP contribution in [0.15, 0.2) is 28.8 Å². The zero-order valence-corrected chi connectivity index (χ0v) is 5.78. The van der Waals surface area contributed by atoms with E-state index in [0.29, 0.717) is 5.57 Å². The molecular formula is C8H8N2.